The summed E-state index contributed by atoms with van der Waals surface area (Å²) in [5.41, 5.74) is 0.658. The van der Waals surface area contributed by atoms with Crippen molar-refractivity contribution in [3.05, 3.63) is 11.9 Å². The van der Waals surface area contributed by atoms with Crippen LogP contribution in [0.3, 0.4) is 0 Å². The number of phosphoric ester groups is 1. The number of carbonyl (C=O) groups is 4. The van der Waals surface area contributed by atoms with Gasteiger partial charge in [-0.2, -0.15) is 0 Å². The molecule has 204 valence electrons. The number of esters is 1. The lowest BCUT2D eigenvalue weighted by atomic mass is 10.3. The van der Waals surface area contributed by atoms with Gasteiger partial charge in [-0.1, -0.05) is 5.21 Å². The molecule has 1 N–H and O–H groups in total. The van der Waals surface area contributed by atoms with E-state index in [9.17, 15) is 28.6 Å². The molecule has 0 aliphatic rings. The summed E-state index contributed by atoms with van der Waals surface area (Å²) in [7, 11) is -2.75. The summed E-state index contributed by atoms with van der Waals surface area (Å²) in [6.07, 6.45) is 0.733. The number of nitrogens with zero attached hydrogens (tertiary/aromatic N) is 3. The Morgan fingerprint density at radius 1 is 1.08 bits per heavy atom. The molecule has 0 aliphatic heterocycles. The van der Waals surface area contributed by atoms with E-state index in [1.165, 1.54) is 0 Å². The van der Waals surface area contributed by atoms with Crippen LogP contribution in [0, 0.1) is 0 Å². The van der Waals surface area contributed by atoms with Gasteiger partial charge in [0.15, 0.2) is 11.9 Å². The minimum absolute atomic E-state index is 0.0198. The molecule has 1 rings (SSSR count). The average Bonchev–Trinajstić information content (AvgIpc) is 3.26. The van der Waals surface area contributed by atoms with Crippen molar-refractivity contribution in [2.75, 3.05) is 46.2 Å². The Hall–Kier alpha value is -2.75. The first-order chi connectivity index (χ1) is 17.3. The minimum Gasteiger partial charge on any atom is -0.464 e. The van der Waals surface area contributed by atoms with Crippen molar-refractivity contribution < 1.29 is 61.4 Å². The number of hydrogen-bond acceptors (Lipinski definition) is 14. The maximum Gasteiger partial charge on any atom is 0.472 e. The zero-order valence-corrected chi connectivity index (χ0v) is 20.6. The van der Waals surface area contributed by atoms with Crippen LogP contribution >= 0.6 is 7.82 Å². The lowest BCUT2D eigenvalue weighted by Crippen LogP contribution is -2.24. The molecule has 0 fully saturated rings. The fourth-order valence-corrected chi connectivity index (χ4v) is 3.12. The number of rotatable bonds is 23. The highest BCUT2D eigenvalue weighted by Crippen LogP contribution is 2.43. The molecule has 1 aromatic heterocycles. The predicted molar refractivity (Wildman–Crippen MR) is 116 cm³/mol. The van der Waals surface area contributed by atoms with Crippen molar-refractivity contribution in [2.45, 2.75) is 32.0 Å². The van der Waals surface area contributed by atoms with E-state index in [1.54, 1.807) is 17.9 Å². The molecule has 17 heteroatoms. The van der Waals surface area contributed by atoms with Gasteiger partial charge in [0.25, 0.3) is 12.9 Å². The maximum absolute atomic E-state index is 11.8. The topological polar surface area (TPSA) is 201 Å². The second kappa shape index (κ2) is 18.5. The summed E-state index contributed by atoms with van der Waals surface area (Å²) in [5, 5.41) is 7.61. The first kappa shape index (κ1) is 31.3. The minimum atomic E-state index is -4.49. The van der Waals surface area contributed by atoms with Crippen LogP contribution in [-0.4, -0.2) is 96.9 Å². The summed E-state index contributed by atoms with van der Waals surface area (Å²) < 4.78 is 47.0. The van der Waals surface area contributed by atoms with E-state index >= 15 is 0 Å². The molecule has 0 saturated heterocycles. The zero-order valence-electron chi connectivity index (χ0n) is 19.7. The third-order valence-electron chi connectivity index (χ3n) is 3.98. The summed E-state index contributed by atoms with van der Waals surface area (Å²) in [5.74, 6) is -0.765. The standard InChI is InChI=1S/C19H30N3O13P/c1-22-9-16(20-21-22)10-29-6-4-17(25)11-30-7-8-32-19(26)3-2-5-34-36(27,28)35-13-18(33-15-24)12-31-14-23/h9,14-15,18H,2-8,10-13H2,1H3,(H,27,28). The van der Waals surface area contributed by atoms with Gasteiger partial charge in [0.05, 0.1) is 39.2 Å². The summed E-state index contributed by atoms with van der Waals surface area (Å²) in [6.45, 7) is -0.773. The quantitative estimate of drug-likeness (QED) is 0.0611. The molecule has 1 aromatic rings. The number of hydrogen-bond donors (Lipinski definition) is 1. The van der Waals surface area contributed by atoms with Crippen molar-refractivity contribution in [2.24, 2.45) is 7.05 Å². The monoisotopic (exact) mass is 539 g/mol. The number of ketones is 1. The van der Waals surface area contributed by atoms with Crippen molar-refractivity contribution in [1.29, 1.82) is 0 Å². The van der Waals surface area contributed by atoms with Crippen LogP contribution in [0.15, 0.2) is 6.20 Å². The first-order valence-corrected chi connectivity index (χ1v) is 12.2. The lowest BCUT2D eigenvalue weighted by Gasteiger charge is -2.16. The largest absolute Gasteiger partial charge is 0.472 e. The van der Waals surface area contributed by atoms with Crippen LogP contribution in [0.2, 0.25) is 0 Å². The Morgan fingerprint density at radius 3 is 2.58 bits per heavy atom. The van der Waals surface area contributed by atoms with Gasteiger partial charge in [0.1, 0.15) is 25.5 Å². The van der Waals surface area contributed by atoms with Gasteiger partial charge in [0, 0.05) is 19.9 Å². The molecule has 2 unspecified atom stereocenters. The normalized spacial score (nSPS) is 13.4. The van der Waals surface area contributed by atoms with Crippen LogP contribution in [0.5, 0.6) is 0 Å². The second-order valence-electron chi connectivity index (χ2n) is 6.98. The molecule has 0 aliphatic carbocycles. The van der Waals surface area contributed by atoms with Crippen LogP contribution in [0.1, 0.15) is 25.0 Å². The molecule has 0 aromatic carbocycles. The lowest BCUT2D eigenvalue weighted by molar-refractivity contribution is -0.145. The van der Waals surface area contributed by atoms with E-state index in [0.717, 1.165) is 0 Å². The van der Waals surface area contributed by atoms with Gasteiger partial charge < -0.3 is 28.6 Å². The molecule has 0 saturated carbocycles. The highest BCUT2D eigenvalue weighted by Gasteiger charge is 2.24. The third kappa shape index (κ3) is 16.0. The fourth-order valence-electron chi connectivity index (χ4n) is 2.33. The second-order valence-corrected chi connectivity index (χ2v) is 8.44. The van der Waals surface area contributed by atoms with Crippen molar-refractivity contribution >= 4 is 32.5 Å². The average molecular weight is 539 g/mol. The Kier molecular flexibility index (Phi) is 16.1. The Morgan fingerprint density at radius 2 is 1.89 bits per heavy atom. The van der Waals surface area contributed by atoms with E-state index in [0.29, 0.717) is 5.69 Å². The van der Waals surface area contributed by atoms with Crippen LogP contribution in [0.4, 0.5) is 0 Å². The Labute approximate surface area is 206 Å². The van der Waals surface area contributed by atoms with Crippen molar-refractivity contribution in [3.63, 3.8) is 0 Å². The maximum atomic E-state index is 11.8. The van der Waals surface area contributed by atoms with E-state index in [4.69, 9.17) is 18.7 Å². The van der Waals surface area contributed by atoms with Crippen LogP contribution in [0.25, 0.3) is 0 Å². The van der Waals surface area contributed by atoms with Gasteiger partial charge in [0.2, 0.25) is 0 Å². The van der Waals surface area contributed by atoms with Gasteiger partial charge in [-0.05, 0) is 6.42 Å². The molecule has 0 amide bonds. The van der Waals surface area contributed by atoms with E-state index in [1.807, 2.05) is 0 Å². The highest BCUT2D eigenvalue weighted by atomic mass is 31.2. The van der Waals surface area contributed by atoms with Crippen LogP contribution in [-0.2, 0) is 70.1 Å². The molecular formula is C19H30N3O13P. The number of aryl methyl sites for hydroxylation is 1. The van der Waals surface area contributed by atoms with Gasteiger partial charge in [-0.15, -0.1) is 5.10 Å². The van der Waals surface area contributed by atoms with Gasteiger partial charge in [-0.3, -0.25) is 32.9 Å². The number of ether oxygens (including phenoxy) is 5. The van der Waals surface area contributed by atoms with Crippen molar-refractivity contribution in [1.82, 2.24) is 15.0 Å². The summed E-state index contributed by atoms with van der Waals surface area (Å²) >= 11 is 0. The van der Waals surface area contributed by atoms with Crippen LogP contribution < -0.4 is 0 Å². The van der Waals surface area contributed by atoms with E-state index in [-0.39, 0.29) is 84.2 Å². The molecule has 1 heterocycles. The zero-order chi connectivity index (χ0) is 26.7. The molecular weight excluding hydrogens is 509 g/mol. The fraction of sp³-hybridized carbons (Fsp3) is 0.684. The predicted octanol–water partition coefficient (Wildman–Crippen LogP) is -0.521. The highest BCUT2D eigenvalue weighted by molar-refractivity contribution is 7.47. The third-order valence-corrected chi connectivity index (χ3v) is 4.96. The molecule has 36 heavy (non-hydrogen) atoms. The van der Waals surface area contributed by atoms with E-state index in [2.05, 4.69) is 24.3 Å². The Balaban J connectivity index is 2.02. The number of phosphoric acid groups is 1. The summed E-state index contributed by atoms with van der Waals surface area (Å²) in [4.78, 5) is 53.5. The molecule has 0 spiro atoms. The molecule has 2 atom stereocenters. The number of aromatic nitrogens is 3. The first-order valence-electron chi connectivity index (χ1n) is 10.7. The SMILES string of the molecule is Cn1cc(COCCC(=O)COCCOC(=O)CCCOP(=O)(O)OCC(COC=O)OC=O)nn1. The number of Topliss-reactive ketones (excluding diaryl/α,β-unsaturated/α-hetero) is 1. The molecule has 0 radical (unpaired) electrons. The number of carbonyl (C=O) groups excluding carboxylic acids is 4. The van der Waals surface area contributed by atoms with Gasteiger partial charge in [-0.25, -0.2) is 4.57 Å². The molecule has 16 nitrogen and oxygen atoms in total. The summed E-state index contributed by atoms with van der Waals surface area (Å²) in [6, 6.07) is 0. The smallest absolute Gasteiger partial charge is 0.464 e. The van der Waals surface area contributed by atoms with Crippen molar-refractivity contribution in [3.8, 4) is 0 Å². The van der Waals surface area contributed by atoms with Gasteiger partial charge >= 0.3 is 13.8 Å². The van der Waals surface area contributed by atoms with E-state index < -0.39 is 26.5 Å². The molecule has 0 bridgehead atoms. The Bertz CT molecular complexity index is 850.